The van der Waals surface area contributed by atoms with Crippen molar-refractivity contribution in [2.24, 2.45) is 0 Å². The topological polar surface area (TPSA) is 64.5 Å². The molecule has 0 aliphatic heterocycles. The third-order valence-corrected chi connectivity index (χ3v) is 12.5. The van der Waals surface area contributed by atoms with E-state index < -0.39 is 5.41 Å². The molecular weight excluding hydrogens is 767 g/mol. The van der Waals surface area contributed by atoms with Gasteiger partial charge in [0.2, 0.25) is 0 Å². The molecule has 0 saturated heterocycles. The van der Waals surface area contributed by atoms with Gasteiger partial charge in [-0.2, -0.15) is 0 Å². The van der Waals surface area contributed by atoms with Crippen LogP contribution in [0.2, 0.25) is 0 Å². The van der Waals surface area contributed by atoms with Crippen LogP contribution in [0.1, 0.15) is 22.3 Å². The maximum Gasteiger partial charge on any atom is 0.164 e. The molecule has 3 heterocycles. The zero-order valence-corrected chi connectivity index (χ0v) is 34.1. The van der Waals surface area contributed by atoms with E-state index in [2.05, 4.69) is 199 Å². The molecule has 11 aromatic rings. The van der Waals surface area contributed by atoms with Crippen LogP contribution < -0.4 is 0 Å². The van der Waals surface area contributed by atoms with Crippen molar-refractivity contribution in [3.8, 4) is 67.7 Å². The van der Waals surface area contributed by atoms with Crippen molar-refractivity contribution in [2.45, 2.75) is 5.41 Å². The lowest BCUT2D eigenvalue weighted by Gasteiger charge is -2.33. The molecule has 1 aliphatic rings. The Morgan fingerprint density at radius 2 is 0.857 bits per heavy atom. The van der Waals surface area contributed by atoms with Gasteiger partial charge < -0.3 is 0 Å². The monoisotopic (exact) mass is 803 g/mol. The number of hydrogen-bond donors (Lipinski definition) is 0. The second kappa shape index (κ2) is 14.9. The SMILES string of the molecule is c1ccc(-c2nc(-c3ccc(-c4cccc(-c5ccc6ccc7cccnc7c6n5)c4)cc3)nc(-c3cccc4c3-c3ccccc3C4(c3ccccc3)c3ccccc3)n2)cc1. The molecular formula is C58H37N5. The minimum Gasteiger partial charge on any atom is -0.254 e. The number of aromatic nitrogens is 5. The normalized spacial score (nSPS) is 12.6. The summed E-state index contributed by atoms with van der Waals surface area (Å²) in [6.45, 7) is 0. The first-order valence-electron chi connectivity index (χ1n) is 21.2. The molecule has 0 N–H and O–H groups in total. The van der Waals surface area contributed by atoms with Gasteiger partial charge in [0.15, 0.2) is 17.5 Å². The van der Waals surface area contributed by atoms with E-state index in [-0.39, 0.29) is 0 Å². The second-order valence-electron chi connectivity index (χ2n) is 16.0. The lowest BCUT2D eigenvalue weighted by molar-refractivity contribution is 0.768. The molecule has 5 heteroatoms. The maximum absolute atomic E-state index is 5.31. The average molecular weight is 804 g/mol. The van der Waals surface area contributed by atoms with Crippen molar-refractivity contribution in [2.75, 3.05) is 0 Å². The fourth-order valence-corrected chi connectivity index (χ4v) is 9.58. The smallest absolute Gasteiger partial charge is 0.164 e. The van der Waals surface area contributed by atoms with Crippen LogP contribution in [0.3, 0.4) is 0 Å². The Morgan fingerprint density at radius 1 is 0.317 bits per heavy atom. The van der Waals surface area contributed by atoms with Crippen LogP contribution in [0.4, 0.5) is 0 Å². The Balaban J connectivity index is 0.975. The minimum absolute atomic E-state index is 0.536. The van der Waals surface area contributed by atoms with Gasteiger partial charge in [0.05, 0.1) is 22.1 Å². The van der Waals surface area contributed by atoms with Crippen LogP contribution in [-0.2, 0) is 5.41 Å². The summed E-state index contributed by atoms with van der Waals surface area (Å²) >= 11 is 0. The van der Waals surface area contributed by atoms with Crippen LogP contribution in [0, 0.1) is 0 Å². The van der Waals surface area contributed by atoms with Crippen molar-refractivity contribution >= 4 is 21.8 Å². The van der Waals surface area contributed by atoms with E-state index in [1.807, 2.05) is 30.5 Å². The highest BCUT2D eigenvalue weighted by atomic mass is 15.0. The number of hydrogen-bond acceptors (Lipinski definition) is 5. The number of nitrogens with zero attached hydrogens (tertiary/aromatic N) is 5. The van der Waals surface area contributed by atoms with Crippen LogP contribution in [-0.4, -0.2) is 24.9 Å². The van der Waals surface area contributed by atoms with Gasteiger partial charge in [-0.15, -0.1) is 0 Å². The molecule has 0 unspecified atom stereocenters. The van der Waals surface area contributed by atoms with E-state index in [4.69, 9.17) is 19.9 Å². The summed E-state index contributed by atoms with van der Waals surface area (Å²) in [7, 11) is 0. The van der Waals surface area contributed by atoms with E-state index in [0.29, 0.717) is 17.5 Å². The fraction of sp³-hybridized carbons (Fsp3) is 0.0172. The number of rotatable bonds is 7. The molecule has 12 rings (SSSR count). The van der Waals surface area contributed by atoms with Crippen molar-refractivity contribution in [3.63, 3.8) is 0 Å². The summed E-state index contributed by atoms with van der Waals surface area (Å²) in [6, 6.07) is 76.9. The van der Waals surface area contributed by atoms with Gasteiger partial charge in [-0.1, -0.05) is 200 Å². The van der Waals surface area contributed by atoms with Crippen LogP contribution >= 0.6 is 0 Å². The van der Waals surface area contributed by atoms with E-state index in [9.17, 15) is 0 Å². The Labute approximate surface area is 365 Å². The first-order chi connectivity index (χ1) is 31.2. The Kier molecular flexibility index (Phi) is 8.64. The van der Waals surface area contributed by atoms with Gasteiger partial charge in [0.25, 0.3) is 0 Å². The van der Waals surface area contributed by atoms with Crippen molar-refractivity contribution in [1.29, 1.82) is 0 Å². The molecule has 294 valence electrons. The third kappa shape index (κ3) is 6.05. The van der Waals surface area contributed by atoms with Gasteiger partial charge in [0, 0.05) is 39.2 Å². The highest BCUT2D eigenvalue weighted by Crippen LogP contribution is 2.58. The van der Waals surface area contributed by atoms with Crippen LogP contribution in [0.25, 0.3) is 89.5 Å². The molecule has 8 aromatic carbocycles. The Morgan fingerprint density at radius 3 is 1.60 bits per heavy atom. The lowest BCUT2D eigenvalue weighted by atomic mass is 9.67. The number of pyridine rings is 2. The number of benzene rings is 8. The standard InChI is InChI=1S/C58H37N5/c1-4-15-41(16-5-1)55-61-56(42-32-28-38(29-33-42)43-17-12-18-44(37-43)51-35-34-40-31-30-39-19-14-36-59-53(39)54(40)60-51)63-57(62-55)48-25-13-27-50-52(48)47-24-10-11-26-49(47)58(50,45-20-6-2-7-21-45)46-22-8-3-9-23-46/h1-37H. The van der Waals surface area contributed by atoms with Gasteiger partial charge in [-0.3, -0.25) is 4.98 Å². The van der Waals surface area contributed by atoms with E-state index >= 15 is 0 Å². The van der Waals surface area contributed by atoms with Crippen molar-refractivity contribution in [1.82, 2.24) is 24.9 Å². The zero-order valence-electron chi connectivity index (χ0n) is 34.1. The van der Waals surface area contributed by atoms with Crippen LogP contribution in [0.15, 0.2) is 225 Å². The van der Waals surface area contributed by atoms with Gasteiger partial charge in [-0.25, -0.2) is 19.9 Å². The molecule has 1 aliphatic carbocycles. The Bertz CT molecular complexity index is 3460. The van der Waals surface area contributed by atoms with Crippen molar-refractivity contribution < 1.29 is 0 Å². The van der Waals surface area contributed by atoms with E-state index in [0.717, 1.165) is 66.4 Å². The Hall–Kier alpha value is -8.41. The van der Waals surface area contributed by atoms with Gasteiger partial charge >= 0.3 is 0 Å². The molecule has 3 aromatic heterocycles. The molecule has 0 amide bonds. The molecule has 0 spiro atoms. The first-order valence-corrected chi connectivity index (χ1v) is 21.2. The average Bonchev–Trinajstić information content (AvgIpc) is 3.68. The minimum atomic E-state index is -0.536. The molecule has 0 fully saturated rings. The highest BCUT2D eigenvalue weighted by molar-refractivity contribution is 6.03. The molecule has 63 heavy (non-hydrogen) atoms. The largest absolute Gasteiger partial charge is 0.254 e. The van der Waals surface area contributed by atoms with Gasteiger partial charge in [-0.05, 0) is 62.7 Å². The number of fused-ring (bicyclic) bond motifs is 6. The second-order valence-corrected chi connectivity index (χ2v) is 16.0. The summed E-state index contributed by atoms with van der Waals surface area (Å²) in [5.41, 5.74) is 15.4. The quantitative estimate of drug-likeness (QED) is 0.150. The predicted octanol–water partition coefficient (Wildman–Crippen LogP) is 13.7. The summed E-state index contributed by atoms with van der Waals surface area (Å²) in [5.74, 6) is 1.87. The summed E-state index contributed by atoms with van der Waals surface area (Å²) in [6.07, 6.45) is 1.83. The third-order valence-electron chi connectivity index (χ3n) is 12.5. The fourth-order valence-electron chi connectivity index (χ4n) is 9.58. The maximum atomic E-state index is 5.31. The molecule has 0 saturated carbocycles. The molecule has 0 atom stereocenters. The summed E-state index contributed by atoms with van der Waals surface area (Å²) in [4.78, 5) is 25.5. The lowest BCUT2D eigenvalue weighted by Crippen LogP contribution is -2.28. The highest BCUT2D eigenvalue weighted by Gasteiger charge is 2.47. The van der Waals surface area contributed by atoms with Gasteiger partial charge in [0.1, 0.15) is 0 Å². The zero-order chi connectivity index (χ0) is 41.7. The van der Waals surface area contributed by atoms with Crippen LogP contribution in [0.5, 0.6) is 0 Å². The summed E-state index contributed by atoms with van der Waals surface area (Å²) in [5, 5.41) is 2.15. The molecule has 0 bridgehead atoms. The van der Waals surface area contributed by atoms with E-state index in [1.54, 1.807) is 0 Å². The molecule has 5 nitrogen and oxygen atoms in total. The molecule has 0 radical (unpaired) electrons. The van der Waals surface area contributed by atoms with Crippen molar-refractivity contribution in [3.05, 3.63) is 247 Å². The summed E-state index contributed by atoms with van der Waals surface area (Å²) < 4.78 is 0. The van der Waals surface area contributed by atoms with E-state index in [1.165, 1.54) is 27.8 Å². The first kappa shape index (κ1) is 36.4. The predicted molar refractivity (Wildman–Crippen MR) is 255 cm³/mol.